The molecule has 0 N–H and O–H groups in total. The van der Waals surface area contributed by atoms with Crippen LogP contribution in [0.25, 0.3) is 0 Å². The predicted octanol–water partition coefficient (Wildman–Crippen LogP) is 3.77. The van der Waals surface area contributed by atoms with Crippen molar-refractivity contribution < 1.29 is 9.72 Å². The fourth-order valence-corrected chi connectivity index (χ4v) is 5.40. The zero-order valence-electron chi connectivity index (χ0n) is 13.6. The van der Waals surface area contributed by atoms with Gasteiger partial charge in [0.15, 0.2) is 0 Å². The lowest BCUT2D eigenvalue weighted by Gasteiger charge is -2.41. The topological polar surface area (TPSA) is 63.4 Å². The Bertz CT molecular complexity index is 702. The maximum atomic E-state index is 12.9. The summed E-state index contributed by atoms with van der Waals surface area (Å²) < 4.78 is 0. The number of rotatable bonds is 2. The molecule has 0 saturated heterocycles. The first-order valence-corrected chi connectivity index (χ1v) is 8.48. The lowest BCUT2D eigenvalue weighted by Crippen LogP contribution is -2.49. The highest BCUT2D eigenvalue weighted by atomic mass is 16.6. The van der Waals surface area contributed by atoms with Crippen molar-refractivity contribution in [3.8, 4) is 0 Å². The van der Waals surface area contributed by atoms with Crippen molar-refractivity contribution in [2.75, 3.05) is 0 Å². The van der Waals surface area contributed by atoms with Gasteiger partial charge in [0.1, 0.15) is 0 Å². The summed E-state index contributed by atoms with van der Waals surface area (Å²) in [5, 5.41) is 11.3. The van der Waals surface area contributed by atoms with Gasteiger partial charge in [-0.15, -0.1) is 0 Å². The van der Waals surface area contributed by atoms with Gasteiger partial charge in [0.05, 0.1) is 22.6 Å². The maximum Gasteiger partial charge on any atom is 0.275 e. The van der Waals surface area contributed by atoms with Gasteiger partial charge in [-0.05, 0) is 56.4 Å². The van der Waals surface area contributed by atoms with Gasteiger partial charge in [-0.1, -0.05) is 13.0 Å². The van der Waals surface area contributed by atoms with Crippen LogP contribution in [0.2, 0.25) is 0 Å². The predicted molar refractivity (Wildman–Crippen MR) is 86.0 cm³/mol. The van der Waals surface area contributed by atoms with Crippen molar-refractivity contribution in [3.05, 3.63) is 39.4 Å². The number of carbonyl (C=O) groups is 1. The SMILES string of the molecule is CC1CC2CC(C1)C(C)(N1Cc3c(cccc3[N+](=O)[O-])C1=O)C2. The summed E-state index contributed by atoms with van der Waals surface area (Å²) in [6.45, 7) is 4.89. The van der Waals surface area contributed by atoms with Crippen LogP contribution < -0.4 is 0 Å². The van der Waals surface area contributed by atoms with E-state index in [2.05, 4.69) is 13.8 Å². The number of nitro groups is 1. The van der Waals surface area contributed by atoms with Crippen molar-refractivity contribution in [1.82, 2.24) is 4.90 Å². The summed E-state index contributed by atoms with van der Waals surface area (Å²) in [6, 6.07) is 4.86. The second-order valence-electron chi connectivity index (χ2n) is 7.89. The first-order chi connectivity index (χ1) is 10.9. The van der Waals surface area contributed by atoms with Crippen molar-refractivity contribution in [3.63, 3.8) is 0 Å². The highest BCUT2D eigenvalue weighted by Gasteiger charge is 2.54. The monoisotopic (exact) mass is 314 g/mol. The average Bonchev–Trinajstić information content (AvgIpc) is 2.95. The summed E-state index contributed by atoms with van der Waals surface area (Å²) in [7, 11) is 0. The van der Waals surface area contributed by atoms with Crippen molar-refractivity contribution in [2.45, 2.75) is 51.6 Å². The molecule has 5 heteroatoms. The Labute approximate surface area is 135 Å². The zero-order chi connectivity index (χ0) is 16.4. The minimum absolute atomic E-state index is 0.0218. The third kappa shape index (κ3) is 2.02. The number of hydrogen-bond acceptors (Lipinski definition) is 3. The Balaban J connectivity index is 1.71. The third-order valence-electron chi connectivity index (χ3n) is 6.38. The van der Waals surface area contributed by atoms with Gasteiger partial charge in [-0.2, -0.15) is 0 Å². The van der Waals surface area contributed by atoms with Crippen LogP contribution in [-0.4, -0.2) is 21.3 Å². The molecule has 1 heterocycles. The molecule has 122 valence electrons. The van der Waals surface area contributed by atoms with Crippen LogP contribution >= 0.6 is 0 Å². The average molecular weight is 314 g/mol. The molecule has 0 aromatic heterocycles. The molecule has 4 atom stereocenters. The number of fused-ring (bicyclic) bond motifs is 3. The molecule has 3 aliphatic rings. The second-order valence-corrected chi connectivity index (χ2v) is 7.89. The van der Waals surface area contributed by atoms with Crippen molar-refractivity contribution in [1.29, 1.82) is 0 Å². The number of amides is 1. The third-order valence-corrected chi connectivity index (χ3v) is 6.38. The van der Waals surface area contributed by atoms with E-state index >= 15 is 0 Å². The fourth-order valence-electron chi connectivity index (χ4n) is 5.40. The Kier molecular flexibility index (Phi) is 3.06. The first-order valence-electron chi connectivity index (χ1n) is 8.48. The first kappa shape index (κ1) is 14.7. The summed E-state index contributed by atoms with van der Waals surface area (Å²) >= 11 is 0. The molecule has 2 aliphatic carbocycles. The minimum atomic E-state index is -0.368. The number of nitrogens with zero attached hydrogens (tertiary/aromatic N) is 2. The molecule has 1 aromatic carbocycles. The summed E-state index contributed by atoms with van der Waals surface area (Å²) in [5.41, 5.74) is 1.05. The lowest BCUT2D eigenvalue weighted by molar-refractivity contribution is -0.385. The van der Waals surface area contributed by atoms with E-state index in [0.717, 1.165) is 18.8 Å². The molecule has 5 nitrogen and oxygen atoms in total. The molecule has 2 fully saturated rings. The lowest BCUT2D eigenvalue weighted by atomic mass is 9.78. The van der Waals surface area contributed by atoms with E-state index in [1.165, 1.54) is 18.9 Å². The highest BCUT2D eigenvalue weighted by Crippen LogP contribution is 2.54. The van der Waals surface area contributed by atoms with Gasteiger partial charge < -0.3 is 4.90 Å². The smallest absolute Gasteiger partial charge is 0.275 e. The van der Waals surface area contributed by atoms with Gasteiger partial charge in [-0.3, -0.25) is 14.9 Å². The van der Waals surface area contributed by atoms with Gasteiger partial charge >= 0.3 is 0 Å². The van der Waals surface area contributed by atoms with E-state index < -0.39 is 0 Å². The molecule has 2 saturated carbocycles. The molecule has 2 bridgehead atoms. The summed E-state index contributed by atoms with van der Waals surface area (Å²) in [5.74, 6) is 1.91. The van der Waals surface area contributed by atoms with Crippen LogP contribution in [0.4, 0.5) is 5.69 Å². The van der Waals surface area contributed by atoms with Crippen LogP contribution in [0.3, 0.4) is 0 Å². The molecular weight excluding hydrogens is 292 g/mol. The molecule has 23 heavy (non-hydrogen) atoms. The van der Waals surface area contributed by atoms with E-state index in [1.54, 1.807) is 12.1 Å². The van der Waals surface area contributed by atoms with E-state index in [1.807, 2.05) is 4.90 Å². The largest absolute Gasteiger partial charge is 0.328 e. The van der Waals surface area contributed by atoms with Crippen LogP contribution in [0.15, 0.2) is 18.2 Å². The van der Waals surface area contributed by atoms with Crippen molar-refractivity contribution >= 4 is 11.6 Å². The molecule has 1 aliphatic heterocycles. The highest BCUT2D eigenvalue weighted by molar-refractivity contribution is 6.00. The molecule has 1 aromatic rings. The standard InChI is InChI=1S/C18H22N2O3/c1-11-6-12-8-13(7-11)18(2,9-12)19-10-15-14(17(19)21)4-3-5-16(15)20(22)23/h3-5,11-13H,6-10H2,1-2H3. The molecule has 1 amide bonds. The van der Waals surface area contributed by atoms with Gasteiger partial charge in [0, 0.05) is 11.6 Å². The van der Waals surface area contributed by atoms with Crippen LogP contribution in [-0.2, 0) is 6.54 Å². The van der Waals surface area contributed by atoms with E-state index in [9.17, 15) is 14.9 Å². The second kappa shape index (κ2) is 4.79. The van der Waals surface area contributed by atoms with E-state index in [0.29, 0.717) is 29.5 Å². The van der Waals surface area contributed by atoms with Crippen molar-refractivity contribution in [2.24, 2.45) is 17.8 Å². The molecular formula is C18H22N2O3. The molecule has 4 unspecified atom stereocenters. The van der Waals surface area contributed by atoms with Crippen LogP contribution in [0, 0.1) is 27.9 Å². The molecule has 0 radical (unpaired) electrons. The van der Waals surface area contributed by atoms with E-state index in [4.69, 9.17) is 0 Å². The quantitative estimate of drug-likeness (QED) is 0.616. The summed E-state index contributed by atoms with van der Waals surface area (Å²) in [6.07, 6.45) is 4.65. The Morgan fingerprint density at radius 3 is 2.83 bits per heavy atom. The fraction of sp³-hybridized carbons (Fsp3) is 0.611. The number of carbonyl (C=O) groups excluding carboxylic acids is 1. The number of nitro benzene ring substituents is 1. The van der Waals surface area contributed by atoms with Gasteiger partial charge in [0.25, 0.3) is 11.6 Å². The minimum Gasteiger partial charge on any atom is -0.328 e. The molecule has 4 rings (SSSR count). The van der Waals surface area contributed by atoms with E-state index in [-0.39, 0.29) is 22.1 Å². The Morgan fingerprint density at radius 1 is 1.30 bits per heavy atom. The normalized spacial score (nSPS) is 35.5. The van der Waals surface area contributed by atoms with Gasteiger partial charge in [0.2, 0.25) is 0 Å². The summed E-state index contributed by atoms with van der Waals surface area (Å²) in [4.78, 5) is 25.8. The number of hydrogen-bond donors (Lipinski definition) is 0. The Morgan fingerprint density at radius 2 is 2.09 bits per heavy atom. The van der Waals surface area contributed by atoms with Crippen LogP contribution in [0.5, 0.6) is 0 Å². The molecule has 0 spiro atoms. The zero-order valence-corrected chi connectivity index (χ0v) is 13.6. The maximum absolute atomic E-state index is 12.9. The van der Waals surface area contributed by atoms with Gasteiger partial charge in [-0.25, -0.2) is 0 Å². The van der Waals surface area contributed by atoms with Crippen LogP contribution in [0.1, 0.15) is 55.5 Å². The number of benzene rings is 1. The Hall–Kier alpha value is -1.91.